The smallest absolute Gasteiger partial charge is 0.390 e. The molecule has 4 nitrogen and oxygen atoms in total. The van der Waals surface area contributed by atoms with Crippen molar-refractivity contribution in [1.29, 1.82) is 5.26 Å². The van der Waals surface area contributed by atoms with Crippen LogP contribution >= 0.6 is 0 Å². The Morgan fingerprint density at radius 1 is 1.32 bits per heavy atom. The number of nitriles is 1. The summed E-state index contributed by atoms with van der Waals surface area (Å²) in [6, 6.07) is 6.31. The topological polar surface area (TPSA) is 61.8 Å². The monoisotopic (exact) mass is 267 g/mol. The molecule has 1 aromatic heterocycles. The number of aromatic nitrogens is 2. The summed E-state index contributed by atoms with van der Waals surface area (Å²) in [5.41, 5.74) is -0.928. The maximum absolute atomic E-state index is 12.8. The number of hydrogen-bond donors (Lipinski definition) is 1. The van der Waals surface area contributed by atoms with Crippen molar-refractivity contribution in [1.82, 2.24) is 9.78 Å². The highest BCUT2D eigenvalue weighted by Crippen LogP contribution is 2.33. The fraction of sp³-hybridized carbons (Fsp3) is 0.167. The van der Waals surface area contributed by atoms with E-state index in [9.17, 15) is 13.2 Å². The van der Waals surface area contributed by atoms with Gasteiger partial charge in [-0.25, -0.2) is 4.68 Å². The predicted molar refractivity (Wildman–Crippen MR) is 59.2 cm³/mol. The van der Waals surface area contributed by atoms with Gasteiger partial charge in [-0.15, -0.1) is 0 Å². The molecule has 0 bridgehead atoms. The number of aliphatic hydroxyl groups is 1. The van der Waals surface area contributed by atoms with E-state index in [1.807, 2.05) is 0 Å². The molecule has 0 aliphatic rings. The highest BCUT2D eigenvalue weighted by Gasteiger charge is 2.34. The van der Waals surface area contributed by atoms with Gasteiger partial charge < -0.3 is 5.11 Å². The van der Waals surface area contributed by atoms with Crippen molar-refractivity contribution in [2.24, 2.45) is 0 Å². The minimum Gasteiger partial charge on any atom is -0.390 e. The highest BCUT2D eigenvalue weighted by atomic mass is 19.4. The zero-order valence-electron chi connectivity index (χ0n) is 9.52. The molecule has 98 valence electrons. The van der Waals surface area contributed by atoms with Crippen LogP contribution in [0.25, 0.3) is 5.69 Å². The van der Waals surface area contributed by atoms with Crippen molar-refractivity contribution in [2.45, 2.75) is 12.8 Å². The Labute approximate surface area is 106 Å². The van der Waals surface area contributed by atoms with Gasteiger partial charge in [-0.1, -0.05) is 0 Å². The van der Waals surface area contributed by atoms with Gasteiger partial charge in [0.15, 0.2) is 0 Å². The first kappa shape index (κ1) is 13.1. The van der Waals surface area contributed by atoms with Gasteiger partial charge in [0.05, 0.1) is 35.2 Å². The Balaban J connectivity index is 2.52. The lowest BCUT2D eigenvalue weighted by Gasteiger charge is -2.10. The van der Waals surface area contributed by atoms with Gasteiger partial charge in [-0.2, -0.15) is 23.5 Å². The molecule has 1 aromatic carbocycles. The summed E-state index contributed by atoms with van der Waals surface area (Å²) in [7, 11) is 0. The Bertz CT molecular complexity index is 640. The van der Waals surface area contributed by atoms with Gasteiger partial charge in [0.2, 0.25) is 0 Å². The molecule has 0 saturated heterocycles. The van der Waals surface area contributed by atoms with Crippen LogP contribution in [0, 0.1) is 11.3 Å². The minimum absolute atomic E-state index is 0.172. The largest absolute Gasteiger partial charge is 0.417 e. The maximum Gasteiger partial charge on any atom is 0.417 e. The number of alkyl halides is 3. The Hall–Kier alpha value is -2.33. The summed E-state index contributed by atoms with van der Waals surface area (Å²) in [5, 5.41) is 21.4. The Kier molecular flexibility index (Phi) is 3.27. The molecule has 0 amide bonds. The van der Waals surface area contributed by atoms with Gasteiger partial charge in [0, 0.05) is 6.20 Å². The fourth-order valence-electron chi connectivity index (χ4n) is 1.60. The minimum atomic E-state index is -4.60. The van der Waals surface area contributed by atoms with E-state index in [-0.39, 0.29) is 12.3 Å². The third kappa shape index (κ3) is 2.58. The fourth-order valence-corrected chi connectivity index (χ4v) is 1.60. The quantitative estimate of drug-likeness (QED) is 0.907. The summed E-state index contributed by atoms with van der Waals surface area (Å²) >= 11 is 0. The second kappa shape index (κ2) is 4.74. The number of benzene rings is 1. The molecule has 0 fully saturated rings. The lowest BCUT2D eigenvalue weighted by atomic mass is 10.1. The predicted octanol–water partition coefficient (Wildman–Crippen LogP) is 2.26. The molecule has 0 spiro atoms. The summed E-state index contributed by atoms with van der Waals surface area (Å²) in [5.74, 6) is 0. The second-order valence-corrected chi connectivity index (χ2v) is 3.75. The zero-order valence-corrected chi connectivity index (χ0v) is 9.52. The van der Waals surface area contributed by atoms with E-state index in [2.05, 4.69) is 5.10 Å². The molecule has 0 radical (unpaired) electrons. The van der Waals surface area contributed by atoms with E-state index >= 15 is 0 Å². The van der Waals surface area contributed by atoms with Crippen molar-refractivity contribution in [3.63, 3.8) is 0 Å². The van der Waals surface area contributed by atoms with E-state index in [1.165, 1.54) is 29.1 Å². The molecule has 2 aromatic rings. The van der Waals surface area contributed by atoms with Crippen LogP contribution in [0.2, 0.25) is 0 Å². The van der Waals surface area contributed by atoms with Crippen LogP contribution in [0.3, 0.4) is 0 Å². The van der Waals surface area contributed by atoms with Crippen molar-refractivity contribution >= 4 is 0 Å². The summed E-state index contributed by atoms with van der Waals surface area (Å²) in [4.78, 5) is 0. The SMILES string of the molecule is N#Cc1ccc(-n2ccc(CO)n2)cc1C(F)(F)F. The number of halogens is 3. The average Bonchev–Trinajstić information content (AvgIpc) is 2.85. The number of aliphatic hydroxyl groups excluding tert-OH is 1. The Morgan fingerprint density at radius 3 is 2.58 bits per heavy atom. The van der Waals surface area contributed by atoms with Crippen LogP contribution in [0.15, 0.2) is 30.5 Å². The molecule has 1 N–H and O–H groups in total. The average molecular weight is 267 g/mol. The van der Waals surface area contributed by atoms with E-state index < -0.39 is 17.3 Å². The van der Waals surface area contributed by atoms with Crippen LogP contribution in [-0.4, -0.2) is 14.9 Å². The molecule has 0 aliphatic heterocycles. The maximum atomic E-state index is 12.8. The van der Waals surface area contributed by atoms with Crippen molar-refractivity contribution in [3.8, 4) is 11.8 Å². The normalized spacial score (nSPS) is 11.3. The molecule has 0 saturated carbocycles. The first-order valence-electron chi connectivity index (χ1n) is 5.23. The summed E-state index contributed by atoms with van der Waals surface area (Å²) in [6.07, 6.45) is -3.17. The third-order valence-corrected chi connectivity index (χ3v) is 2.50. The number of hydrogen-bond acceptors (Lipinski definition) is 3. The van der Waals surface area contributed by atoms with Crippen molar-refractivity contribution in [2.75, 3.05) is 0 Å². The second-order valence-electron chi connectivity index (χ2n) is 3.75. The van der Waals surface area contributed by atoms with Gasteiger partial charge in [-0.05, 0) is 24.3 Å². The molecular formula is C12H8F3N3O. The van der Waals surface area contributed by atoms with Crippen molar-refractivity contribution in [3.05, 3.63) is 47.3 Å². The van der Waals surface area contributed by atoms with E-state index in [0.29, 0.717) is 5.69 Å². The molecule has 19 heavy (non-hydrogen) atoms. The number of rotatable bonds is 2. The van der Waals surface area contributed by atoms with Gasteiger partial charge in [0.25, 0.3) is 0 Å². The lowest BCUT2D eigenvalue weighted by molar-refractivity contribution is -0.137. The van der Waals surface area contributed by atoms with E-state index in [4.69, 9.17) is 10.4 Å². The van der Waals surface area contributed by atoms with Gasteiger partial charge >= 0.3 is 6.18 Å². The van der Waals surface area contributed by atoms with Gasteiger partial charge in [-0.3, -0.25) is 0 Å². The molecule has 0 aliphatic carbocycles. The van der Waals surface area contributed by atoms with Crippen LogP contribution in [0.5, 0.6) is 0 Å². The summed E-state index contributed by atoms with van der Waals surface area (Å²) in [6.45, 7) is -0.296. The first-order valence-corrected chi connectivity index (χ1v) is 5.23. The van der Waals surface area contributed by atoms with Crippen LogP contribution in [-0.2, 0) is 12.8 Å². The van der Waals surface area contributed by atoms with E-state index in [0.717, 1.165) is 12.1 Å². The summed E-state index contributed by atoms with van der Waals surface area (Å²) < 4.78 is 39.6. The molecule has 1 heterocycles. The third-order valence-electron chi connectivity index (χ3n) is 2.50. The molecule has 2 rings (SSSR count). The van der Waals surface area contributed by atoms with Crippen LogP contribution in [0.4, 0.5) is 13.2 Å². The van der Waals surface area contributed by atoms with E-state index in [1.54, 1.807) is 0 Å². The number of nitrogens with zero attached hydrogens (tertiary/aromatic N) is 3. The van der Waals surface area contributed by atoms with Gasteiger partial charge in [0.1, 0.15) is 0 Å². The highest BCUT2D eigenvalue weighted by molar-refractivity contribution is 5.47. The van der Waals surface area contributed by atoms with Crippen molar-refractivity contribution < 1.29 is 18.3 Å². The Morgan fingerprint density at radius 2 is 2.05 bits per heavy atom. The molecule has 0 atom stereocenters. The molecule has 7 heteroatoms. The molecule has 0 unspecified atom stereocenters. The lowest BCUT2D eigenvalue weighted by Crippen LogP contribution is -2.09. The van der Waals surface area contributed by atoms with Crippen LogP contribution in [0.1, 0.15) is 16.8 Å². The first-order chi connectivity index (χ1) is 8.95. The standard InChI is InChI=1S/C12H8F3N3O/c13-12(14,15)11-5-10(2-1-8(11)6-16)18-4-3-9(7-19)17-18/h1-5,19H,7H2. The van der Waals surface area contributed by atoms with Crippen LogP contribution < -0.4 is 0 Å². The molecular weight excluding hydrogens is 259 g/mol. The zero-order chi connectivity index (χ0) is 14.0.